The van der Waals surface area contributed by atoms with Crippen molar-refractivity contribution < 1.29 is 17.9 Å². The molecule has 25 heavy (non-hydrogen) atoms. The van der Waals surface area contributed by atoms with Crippen molar-refractivity contribution in [1.29, 1.82) is 0 Å². The Labute approximate surface area is 147 Å². The minimum Gasteiger partial charge on any atom is -0.383 e. The third-order valence-corrected chi connectivity index (χ3v) is 4.84. The van der Waals surface area contributed by atoms with Gasteiger partial charge in [-0.2, -0.15) is 13.2 Å². The Balaban J connectivity index is 1.78. The molecule has 1 heterocycles. The van der Waals surface area contributed by atoms with E-state index in [0.29, 0.717) is 18.9 Å². The standard InChI is InChI=1S/C18H17F3N2OS/c1-24-11-10-23-16-5-3-2-4-15(16)22-17(23)25-12-13-6-8-14(9-7-13)18(19,20)21/h2-9H,10-12H2,1H3. The summed E-state index contributed by atoms with van der Waals surface area (Å²) in [4.78, 5) is 4.63. The Morgan fingerprint density at radius 3 is 2.48 bits per heavy atom. The average molecular weight is 366 g/mol. The van der Waals surface area contributed by atoms with Gasteiger partial charge in [0.25, 0.3) is 0 Å². The van der Waals surface area contributed by atoms with Crippen molar-refractivity contribution >= 4 is 22.8 Å². The quantitative estimate of drug-likeness (QED) is 0.575. The lowest BCUT2D eigenvalue weighted by atomic mass is 10.1. The van der Waals surface area contributed by atoms with Crippen molar-refractivity contribution in [2.75, 3.05) is 13.7 Å². The van der Waals surface area contributed by atoms with Gasteiger partial charge in [0, 0.05) is 19.4 Å². The number of alkyl halides is 3. The van der Waals surface area contributed by atoms with Crippen LogP contribution in [-0.4, -0.2) is 23.3 Å². The SMILES string of the molecule is COCCn1c(SCc2ccc(C(F)(F)F)cc2)nc2ccccc21. The van der Waals surface area contributed by atoms with Gasteiger partial charge in [0.1, 0.15) is 0 Å². The number of aromatic nitrogens is 2. The molecule has 0 spiro atoms. The van der Waals surface area contributed by atoms with Crippen LogP contribution in [0.5, 0.6) is 0 Å². The number of hydrogen-bond donors (Lipinski definition) is 0. The monoisotopic (exact) mass is 366 g/mol. The Kier molecular flexibility index (Phi) is 5.34. The summed E-state index contributed by atoms with van der Waals surface area (Å²) in [6.07, 6.45) is -4.31. The van der Waals surface area contributed by atoms with Crippen LogP contribution < -0.4 is 0 Å². The summed E-state index contributed by atoms with van der Waals surface area (Å²) in [5.74, 6) is 0.550. The van der Waals surface area contributed by atoms with E-state index < -0.39 is 11.7 Å². The fourth-order valence-corrected chi connectivity index (χ4v) is 3.50. The van der Waals surface area contributed by atoms with Gasteiger partial charge in [-0.05, 0) is 29.8 Å². The number of para-hydroxylation sites is 2. The smallest absolute Gasteiger partial charge is 0.383 e. The largest absolute Gasteiger partial charge is 0.416 e. The molecule has 0 aliphatic carbocycles. The summed E-state index contributed by atoms with van der Waals surface area (Å²) in [5, 5.41) is 0.832. The Hall–Kier alpha value is -1.99. The summed E-state index contributed by atoms with van der Waals surface area (Å²) < 4.78 is 45.1. The van der Waals surface area contributed by atoms with Gasteiger partial charge in [-0.1, -0.05) is 36.0 Å². The topological polar surface area (TPSA) is 27.1 Å². The molecule has 132 valence electrons. The van der Waals surface area contributed by atoms with Gasteiger partial charge >= 0.3 is 6.18 Å². The highest BCUT2D eigenvalue weighted by atomic mass is 32.2. The maximum absolute atomic E-state index is 12.6. The molecule has 0 radical (unpaired) electrons. The molecule has 3 aromatic rings. The first-order valence-electron chi connectivity index (χ1n) is 7.72. The number of rotatable bonds is 6. The fraction of sp³-hybridized carbons (Fsp3) is 0.278. The number of benzene rings is 2. The molecule has 2 aromatic carbocycles. The number of methoxy groups -OCH3 is 1. The lowest BCUT2D eigenvalue weighted by Crippen LogP contribution is -2.05. The van der Waals surface area contributed by atoms with E-state index in [2.05, 4.69) is 9.55 Å². The van der Waals surface area contributed by atoms with E-state index in [9.17, 15) is 13.2 Å². The zero-order chi connectivity index (χ0) is 17.9. The zero-order valence-electron chi connectivity index (χ0n) is 13.6. The molecule has 0 amide bonds. The van der Waals surface area contributed by atoms with E-state index >= 15 is 0 Å². The van der Waals surface area contributed by atoms with Crippen LogP contribution in [-0.2, 0) is 23.2 Å². The van der Waals surface area contributed by atoms with Crippen molar-refractivity contribution in [2.45, 2.75) is 23.6 Å². The van der Waals surface area contributed by atoms with Crippen LogP contribution in [0.2, 0.25) is 0 Å². The molecule has 0 fully saturated rings. The third-order valence-electron chi connectivity index (χ3n) is 3.79. The first-order valence-corrected chi connectivity index (χ1v) is 8.71. The van der Waals surface area contributed by atoms with Crippen LogP contribution in [0.4, 0.5) is 13.2 Å². The second-order valence-electron chi connectivity index (χ2n) is 5.51. The number of imidazole rings is 1. The number of ether oxygens (including phenoxy) is 1. The second kappa shape index (κ2) is 7.49. The molecule has 3 rings (SSSR count). The summed E-state index contributed by atoms with van der Waals surface area (Å²) in [5.41, 5.74) is 2.11. The predicted octanol–water partition coefficient (Wildman–Crippen LogP) is 4.99. The molecule has 0 saturated heterocycles. The maximum atomic E-state index is 12.6. The van der Waals surface area contributed by atoms with Crippen LogP contribution in [0, 0.1) is 0 Å². The van der Waals surface area contributed by atoms with E-state index in [1.54, 1.807) is 7.11 Å². The highest BCUT2D eigenvalue weighted by molar-refractivity contribution is 7.98. The molecule has 1 aromatic heterocycles. The van der Waals surface area contributed by atoms with Crippen molar-refractivity contribution in [3.8, 4) is 0 Å². The van der Waals surface area contributed by atoms with Gasteiger partial charge in [0.15, 0.2) is 5.16 Å². The zero-order valence-corrected chi connectivity index (χ0v) is 14.4. The summed E-state index contributed by atoms with van der Waals surface area (Å²) in [7, 11) is 1.65. The molecule has 0 atom stereocenters. The van der Waals surface area contributed by atoms with Crippen LogP contribution in [0.3, 0.4) is 0 Å². The first-order chi connectivity index (χ1) is 12.0. The van der Waals surface area contributed by atoms with Crippen LogP contribution in [0.15, 0.2) is 53.7 Å². The van der Waals surface area contributed by atoms with Gasteiger partial charge in [0.2, 0.25) is 0 Å². The van der Waals surface area contributed by atoms with Gasteiger partial charge in [0.05, 0.1) is 23.2 Å². The molecule has 3 nitrogen and oxygen atoms in total. The third kappa shape index (κ3) is 4.16. The Morgan fingerprint density at radius 1 is 1.08 bits per heavy atom. The van der Waals surface area contributed by atoms with E-state index in [0.717, 1.165) is 33.9 Å². The predicted molar refractivity (Wildman–Crippen MR) is 92.6 cm³/mol. The highest BCUT2D eigenvalue weighted by Gasteiger charge is 2.29. The van der Waals surface area contributed by atoms with Crippen LogP contribution in [0.1, 0.15) is 11.1 Å². The highest BCUT2D eigenvalue weighted by Crippen LogP contribution is 2.31. The van der Waals surface area contributed by atoms with Crippen molar-refractivity contribution in [2.24, 2.45) is 0 Å². The molecule has 0 unspecified atom stereocenters. The summed E-state index contributed by atoms with van der Waals surface area (Å²) in [6, 6.07) is 13.1. The van der Waals surface area contributed by atoms with Gasteiger partial charge < -0.3 is 9.30 Å². The van der Waals surface area contributed by atoms with Crippen molar-refractivity contribution in [3.05, 3.63) is 59.7 Å². The van der Waals surface area contributed by atoms with Gasteiger partial charge in [-0.15, -0.1) is 0 Å². The number of halogens is 3. The molecule has 0 bridgehead atoms. The fourth-order valence-electron chi connectivity index (χ4n) is 2.50. The minimum absolute atomic E-state index is 0.550. The summed E-state index contributed by atoms with van der Waals surface area (Å²) in [6.45, 7) is 1.24. The van der Waals surface area contributed by atoms with Crippen LogP contribution in [0.25, 0.3) is 11.0 Å². The van der Waals surface area contributed by atoms with E-state index in [-0.39, 0.29) is 0 Å². The number of thioether (sulfide) groups is 1. The van der Waals surface area contributed by atoms with E-state index in [4.69, 9.17) is 4.74 Å². The maximum Gasteiger partial charge on any atom is 0.416 e. The number of nitrogens with zero attached hydrogens (tertiary/aromatic N) is 2. The first kappa shape index (κ1) is 17.8. The Morgan fingerprint density at radius 2 is 1.80 bits per heavy atom. The number of hydrogen-bond acceptors (Lipinski definition) is 3. The molecule has 0 aliphatic rings. The molecule has 7 heteroatoms. The molecule has 0 aliphatic heterocycles. The molecule has 0 N–H and O–H groups in total. The summed E-state index contributed by atoms with van der Waals surface area (Å²) >= 11 is 1.50. The molecular formula is C18H17F3N2OS. The normalized spacial score (nSPS) is 12.0. The minimum atomic E-state index is -4.31. The Bertz CT molecular complexity index is 844. The van der Waals surface area contributed by atoms with Gasteiger partial charge in [-0.25, -0.2) is 4.98 Å². The average Bonchev–Trinajstić information content (AvgIpc) is 2.95. The lowest BCUT2D eigenvalue weighted by molar-refractivity contribution is -0.137. The van der Waals surface area contributed by atoms with E-state index in [1.165, 1.54) is 23.9 Å². The van der Waals surface area contributed by atoms with Gasteiger partial charge in [-0.3, -0.25) is 0 Å². The second-order valence-corrected chi connectivity index (χ2v) is 6.45. The van der Waals surface area contributed by atoms with Crippen molar-refractivity contribution in [1.82, 2.24) is 9.55 Å². The van der Waals surface area contributed by atoms with Crippen molar-refractivity contribution in [3.63, 3.8) is 0 Å². The van der Waals surface area contributed by atoms with E-state index in [1.807, 2.05) is 24.3 Å². The molecular weight excluding hydrogens is 349 g/mol. The number of fused-ring (bicyclic) bond motifs is 1. The molecule has 0 saturated carbocycles. The van der Waals surface area contributed by atoms with Crippen LogP contribution >= 0.6 is 11.8 Å². The lowest BCUT2D eigenvalue weighted by Gasteiger charge is -2.09.